The molecule has 2 rings (SSSR count). The summed E-state index contributed by atoms with van der Waals surface area (Å²) in [5, 5.41) is 3.30. The highest BCUT2D eigenvalue weighted by atomic mass is 15.1. The van der Waals surface area contributed by atoms with Crippen LogP contribution in [0.2, 0.25) is 0 Å². The van der Waals surface area contributed by atoms with Gasteiger partial charge in [0.15, 0.2) is 0 Å². The van der Waals surface area contributed by atoms with Crippen molar-refractivity contribution in [3.05, 3.63) is 47.7 Å². The molecule has 1 unspecified atom stereocenters. The molecule has 0 spiro atoms. The molecule has 1 atom stereocenters. The fourth-order valence-corrected chi connectivity index (χ4v) is 1.82. The van der Waals surface area contributed by atoms with Crippen LogP contribution in [0.4, 0.5) is 11.8 Å². The van der Waals surface area contributed by atoms with Gasteiger partial charge in [-0.3, -0.25) is 0 Å². The van der Waals surface area contributed by atoms with E-state index in [1.807, 2.05) is 0 Å². The van der Waals surface area contributed by atoms with Crippen molar-refractivity contribution in [1.82, 2.24) is 9.97 Å². The lowest BCUT2D eigenvalue weighted by Crippen LogP contribution is -2.12. The lowest BCUT2D eigenvalue weighted by Gasteiger charge is -2.17. The zero-order valence-electron chi connectivity index (χ0n) is 10.7. The lowest BCUT2D eigenvalue weighted by atomic mass is 10.0. The summed E-state index contributed by atoms with van der Waals surface area (Å²) in [4.78, 5) is 8.33. The Bertz CT molecular complexity index is 507. The van der Waals surface area contributed by atoms with Crippen LogP contribution in [0, 0.1) is 6.92 Å². The third-order valence-electron chi connectivity index (χ3n) is 2.87. The number of nitrogens with two attached hydrogens (primary N) is 1. The van der Waals surface area contributed by atoms with E-state index < -0.39 is 0 Å². The molecule has 0 amide bonds. The predicted molar refractivity (Wildman–Crippen MR) is 74.3 cm³/mol. The first-order valence-corrected chi connectivity index (χ1v) is 6.10. The normalized spacial score (nSPS) is 12.1. The number of aryl methyl sites for hydroxylation is 1. The first kappa shape index (κ1) is 12.4. The molecule has 1 aromatic carbocycles. The zero-order valence-corrected chi connectivity index (χ0v) is 10.7. The first-order chi connectivity index (χ1) is 8.69. The van der Waals surface area contributed by atoms with Crippen molar-refractivity contribution in [2.45, 2.75) is 26.3 Å². The largest absolute Gasteiger partial charge is 0.384 e. The Labute approximate surface area is 107 Å². The smallest absolute Gasteiger partial charge is 0.225 e. The second-order valence-electron chi connectivity index (χ2n) is 4.32. The summed E-state index contributed by atoms with van der Waals surface area (Å²) in [5.74, 6) is 1.05. The molecule has 0 aliphatic carbocycles. The van der Waals surface area contributed by atoms with Crippen LogP contribution in [0.5, 0.6) is 0 Å². The molecular weight excluding hydrogens is 224 g/mol. The number of hydrogen-bond acceptors (Lipinski definition) is 4. The van der Waals surface area contributed by atoms with Gasteiger partial charge < -0.3 is 11.1 Å². The van der Waals surface area contributed by atoms with E-state index in [4.69, 9.17) is 5.73 Å². The van der Waals surface area contributed by atoms with Gasteiger partial charge in [-0.1, -0.05) is 36.8 Å². The zero-order chi connectivity index (χ0) is 13.0. The summed E-state index contributed by atoms with van der Waals surface area (Å²) in [6.07, 6.45) is 2.62. The minimum absolute atomic E-state index is 0.201. The average Bonchev–Trinajstić information content (AvgIpc) is 2.37. The van der Waals surface area contributed by atoms with Crippen LogP contribution < -0.4 is 11.1 Å². The van der Waals surface area contributed by atoms with E-state index in [1.54, 1.807) is 12.3 Å². The van der Waals surface area contributed by atoms with Gasteiger partial charge in [0.1, 0.15) is 5.82 Å². The molecule has 1 aromatic heterocycles. The molecule has 0 saturated heterocycles. The van der Waals surface area contributed by atoms with Crippen LogP contribution in [0.3, 0.4) is 0 Å². The summed E-state index contributed by atoms with van der Waals surface area (Å²) < 4.78 is 0. The van der Waals surface area contributed by atoms with Crippen LogP contribution in [0.1, 0.15) is 30.5 Å². The topological polar surface area (TPSA) is 63.8 Å². The van der Waals surface area contributed by atoms with E-state index in [-0.39, 0.29) is 6.04 Å². The Kier molecular flexibility index (Phi) is 3.77. The molecule has 4 nitrogen and oxygen atoms in total. The van der Waals surface area contributed by atoms with E-state index in [2.05, 4.69) is 53.4 Å². The number of nitrogen functional groups attached to an aromatic ring is 1. The Hall–Kier alpha value is -2.10. The maximum absolute atomic E-state index is 5.64. The van der Waals surface area contributed by atoms with Crippen molar-refractivity contribution in [1.29, 1.82) is 0 Å². The van der Waals surface area contributed by atoms with E-state index in [1.165, 1.54) is 11.1 Å². The SMILES string of the molecule is CCC(Nc1nccc(N)n1)c1ccc(C)cc1. The maximum Gasteiger partial charge on any atom is 0.225 e. The Morgan fingerprint density at radius 1 is 1.22 bits per heavy atom. The highest BCUT2D eigenvalue weighted by Crippen LogP contribution is 2.21. The molecule has 1 heterocycles. The summed E-state index contributed by atoms with van der Waals surface area (Å²) in [6.45, 7) is 4.21. The molecule has 94 valence electrons. The summed E-state index contributed by atoms with van der Waals surface area (Å²) in [6, 6.07) is 10.4. The second-order valence-corrected chi connectivity index (χ2v) is 4.32. The van der Waals surface area contributed by atoms with Gasteiger partial charge in [0, 0.05) is 6.20 Å². The van der Waals surface area contributed by atoms with Crippen LogP contribution >= 0.6 is 0 Å². The van der Waals surface area contributed by atoms with Crippen molar-refractivity contribution < 1.29 is 0 Å². The van der Waals surface area contributed by atoms with Gasteiger partial charge >= 0.3 is 0 Å². The minimum atomic E-state index is 0.201. The summed E-state index contributed by atoms with van der Waals surface area (Å²) in [5.41, 5.74) is 8.13. The van der Waals surface area contributed by atoms with Crippen molar-refractivity contribution in [3.63, 3.8) is 0 Å². The molecule has 18 heavy (non-hydrogen) atoms. The molecule has 0 bridgehead atoms. The highest BCUT2D eigenvalue weighted by molar-refractivity contribution is 5.38. The van der Waals surface area contributed by atoms with E-state index >= 15 is 0 Å². The predicted octanol–water partition coefficient (Wildman–Crippen LogP) is 2.93. The van der Waals surface area contributed by atoms with Gasteiger partial charge in [-0.15, -0.1) is 0 Å². The molecule has 0 aliphatic heterocycles. The average molecular weight is 242 g/mol. The molecule has 0 fully saturated rings. The third kappa shape index (κ3) is 2.97. The van der Waals surface area contributed by atoms with E-state index in [0.29, 0.717) is 11.8 Å². The standard InChI is InChI=1S/C14H18N4/c1-3-12(11-6-4-10(2)5-7-11)17-14-16-9-8-13(15)18-14/h4-9,12H,3H2,1-2H3,(H3,15,16,17,18). The highest BCUT2D eigenvalue weighted by Gasteiger charge is 2.10. The summed E-state index contributed by atoms with van der Waals surface area (Å²) >= 11 is 0. The third-order valence-corrected chi connectivity index (χ3v) is 2.87. The number of hydrogen-bond donors (Lipinski definition) is 2. The number of rotatable bonds is 4. The number of benzene rings is 1. The van der Waals surface area contributed by atoms with E-state index in [0.717, 1.165) is 6.42 Å². The lowest BCUT2D eigenvalue weighted by molar-refractivity contribution is 0.738. The minimum Gasteiger partial charge on any atom is -0.384 e. The van der Waals surface area contributed by atoms with Crippen molar-refractivity contribution in [2.24, 2.45) is 0 Å². The number of anilines is 2. The van der Waals surface area contributed by atoms with Gasteiger partial charge in [0.25, 0.3) is 0 Å². The fourth-order valence-electron chi connectivity index (χ4n) is 1.82. The van der Waals surface area contributed by atoms with Gasteiger partial charge in [-0.05, 0) is 25.0 Å². The number of nitrogens with one attached hydrogen (secondary N) is 1. The van der Waals surface area contributed by atoms with Gasteiger partial charge in [-0.2, -0.15) is 4.98 Å². The van der Waals surface area contributed by atoms with Crippen LogP contribution in [-0.2, 0) is 0 Å². The molecule has 0 radical (unpaired) electrons. The van der Waals surface area contributed by atoms with Crippen LogP contribution in [-0.4, -0.2) is 9.97 Å². The quantitative estimate of drug-likeness (QED) is 0.865. The molecular formula is C14H18N4. The van der Waals surface area contributed by atoms with E-state index in [9.17, 15) is 0 Å². The van der Waals surface area contributed by atoms with Crippen molar-refractivity contribution in [3.8, 4) is 0 Å². The van der Waals surface area contributed by atoms with Crippen LogP contribution in [0.15, 0.2) is 36.5 Å². The molecule has 3 N–H and O–H groups in total. The first-order valence-electron chi connectivity index (χ1n) is 6.10. The molecule has 4 heteroatoms. The van der Waals surface area contributed by atoms with Crippen LogP contribution in [0.25, 0.3) is 0 Å². The molecule has 2 aromatic rings. The Morgan fingerprint density at radius 2 is 1.94 bits per heavy atom. The van der Waals surface area contributed by atoms with Gasteiger partial charge in [0.2, 0.25) is 5.95 Å². The second kappa shape index (κ2) is 5.49. The van der Waals surface area contributed by atoms with Gasteiger partial charge in [-0.25, -0.2) is 4.98 Å². The Morgan fingerprint density at radius 3 is 2.56 bits per heavy atom. The monoisotopic (exact) mass is 242 g/mol. The maximum atomic E-state index is 5.64. The summed E-state index contributed by atoms with van der Waals surface area (Å²) in [7, 11) is 0. The van der Waals surface area contributed by atoms with Crippen molar-refractivity contribution >= 4 is 11.8 Å². The van der Waals surface area contributed by atoms with Crippen molar-refractivity contribution in [2.75, 3.05) is 11.1 Å². The molecule has 0 saturated carbocycles. The van der Waals surface area contributed by atoms with Gasteiger partial charge in [0.05, 0.1) is 6.04 Å². The fraction of sp³-hybridized carbons (Fsp3) is 0.286. The number of aromatic nitrogens is 2. The number of nitrogens with zero attached hydrogens (tertiary/aromatic N) is 2. The Balaban J connectivity index is 2.17. The molecule has 0 aliphatic rings.